The van der Waals surface area contributed by atoms with Gasteiger partial charge in [-0.2, -0.15) is 12.8 Å². The Balaban J connectivity index is 2.00. The number of hydrogen-bond donors (Lipinski definition) is 0. The summed E-state index contributed by atoms with van der Waals surface area (Å²) in [4.78, 5) is 0.158. The minimum atomic E-state index is -3.77. The molecule has 0 atom stereocenters. The SMILES string of the molecule is Cc1ccc(S(=O)(=O)/N=C/c2ccc(C)c(-c3ccccc3)c2Cl)cc1. The van der Waals surface area contributed by atoms with Gasteiger partial charge in [-0.3, -0.25) is 0 Å². The van der Waals surface area contributed by atoms with Crippen molar-refractivity contribution in [1.29, 1.82) is 0 Å². The molecule has 0 N–H and O–H groups in total. The minimum absolute atomic E-state index is 0.158. The predicted molar refractivity (Wildman–Crippen MR) is 108 cm³/mol. The molecule has 3 aromatic carbocycles. The number of aryl methyl sites for hydroxylation is 2. The van der Waals surface area contributed by atoms with Crippen molar-refractivity contribution in [3.63, 3.8) is 0 Å². The lowest BCUT2D eigenvalue weighted by atomic mass is 9.98. The maximum Gasteiger partial charge on any atom is 0.282 e. The molecule has 0 aliphatic rings. The first-order chi connectivity index (χ1) is 12.4. The molecule has 5 heteroatoms. The van der Waals surface area contributed by atoms with Gasteiger partial charge in [0.2, 0.25) is 0 Å². The molecule has 0 bridgehead atoms. The summed E-state index contributed by atoms with van der Waals surface area (Å²) in [6.07, 6.45) is 1.31. The fraction of sp³-hybridized carbons (Fsp3) is 0.0952. The molecule has 132 valence electrons. The summed E-state index contributed by atoms with van der Waals surface area (Å²) in [5, 5.41) is 0.485. The van der Waals surface area contributed by atoms with Gasteiger partial charge in [0.25, 0.3) is 10.0 Å². The average Bonchev–Trinajstić information content (AvgIpc) is 2.62. The van der Waals surface area contributed by atoms with Gasteiger partial charge in [0.1, 0.15) is 0 Å². The van der Waals surface area contributed by atoms with E-state index in [1.165, 1.54) is 6.21 Å². The summed E-state index contributed by atoms with van der Waals surface area (Å²) >= 11 is 6.56. The van der Waals surface area contributed by atoms with Crippen LogP contribution in [-0.4, -0.2) is 14.6 Å². The Morgan fingerprint density at radius 2 is 1.54 bits per heavy atom. The molecule has 0 saturated carbocycles. The van der Waals surface area contributed by atoms with Crippen molar-refractivity contribution in [3.8, 4) is 11.1 Å². The number of nitrogens with zero attached hydrogens (tertiary/aromatic N) is 1. The maximum absolute atomic E-state index is 12.4. The van der Waals surface area contributed by atoms with Gasteiger partial charge < -0.3 is 0 Å². The molecule has 3 rings (SSSR count). The van der Waals surface area contributed by atoms with Gasteiger partial charge in [-0.05, 0) is 37.1 Å². The smallest absolute Gasteiger partial charge is 0.199 e. The molecule has 0 unspecified atom stereocenters. The van der Waals surface area contributed by atoms with E-state index in [0.29, 0.717) is 10.6 Å². The molecule has 0 amide bonds. The molecule has 3 aromatic rings. The van der Waals surface area contributed by atoms with Gasteiger partial charge in [0, 0.05) is 17.3 Å². The van der Waals surface area contributed by atoms with Gasteiger partial charge in [0.05, 0.1) is 9.92 Å². The van der Waals surface area contributed by atoms with Gasteiger partial charge >= 0.3 is 0 Å². The van der Waals surface area contributed by atoms with Gasteiger partial charge in [0.15, 0.2) is 0 Å². The standard InChI is InChI=1S/C21H18ClNO2S/c1-15-8-12-19(13-9-15)26(24,25)23-14-18-11-10-16(2)20(21(18)22)17-6-4-3-5-7-17/h3-14H,1-2H3/b23-14+. The Labute approximate surface area is 159 Å². The number of halogens is 1. The normalized spacial score (nSPS) is 11.8. The molecule has 0 heterocycles. The lowest BCUT2D eigenvalue weighted by Gasteiger charge is -2.11. The van der Waals surface area contributed by atoms with Crippen LogP contribution < -0.4 is 0 Å². The average molecular weight is 384 g/mol. The molecule has 0 saturated heterocycles. The number of benzene rings is 3. The van der Waals surface area contributed by atoms with Gasteiger partial charge in [-0.15, -0.1) is 0 Å². The lowest BCUT2D eigenvalue weighted by Crippen LogP contribution is -1.99. The molecular formula is C21H18ClNO2S. The zero-order chi connectivity index (χ0) is 18.7. The van der Waals surface area contributed by atoms with E-state index in [1.807, 2.05) is 50.2 Å². The second-order valence-electron chi connectivity index (χ2n) is 6.05. The summed E-state index contributed by atoms with van der Waals surface area (Å²) < 4.78 is 28.6. The van der Waals surface area contributed by atoms with E-state index in [-0.39, 0.29) is 4.90 Å². The van der Waals surface area contributed by atoms with Gasteiger partial charge in [-0.25, -0.2) is 0 Å². The number of sulfonamides is 1. The topological polar surface area (TPSA) is 46.5 Å². The fourth-order valence-corrected chi connectivity index (χ4v) is 3.87. The molecule has 0 aliphatic heterocycles. The van der Waals surface area contributed by atoms with Crippen LogP contribution in [0.5, 0.6) is 0 Å². The molecule has 0 aliphatic carbocycles. The van der Waals surface area contributed by atoms with E-state index in [4.69, 9.17) is 11.6 Å². The van der Waals surface area contributed by atoms with E-state index in [2.05, 4.69) is 4.40 Å². The van der Waals surface area contributed by atoms with Crippen molar-refractivity contribution in [2.24, 2.45) is 4.40 Å². The third kappa shape index (κ3) is 3.87. The second-order valence-corrected chi connectivity index (χ2v) is 8.06. The van der Waals surface area contributed by atoms with Crippen molar-refractivity contribution < 1.29 is 8.42 Å². The summed E-state index contributed by atoms with van der Waals surface area (Å²) in [6.45, 7) is 3.87. The van der Waals surface area contributed by atoms with E-state index in [1.54, 1.807) is 30.3 Å². The van der Waals surface area contributed by atoms with Crippen LogP contribution in [0.25, 0.3) is 11.1 Å². The Morgan fingerprint density at radius 1 is 0.885 bits per heavy atom. The summed E-state index contributed by atoms with van der Waals surface area (Å²) in [7, 11) is -3.77. The van der Waals surface area contributed by atoms with Crippen LogP contribution in [0.3, 0.4) is 0 Å². The largest absolute Gasteiger partial charge is 0.282 e. The first-order valence-electron chi connectivity index (χ1n) is 8.10. The van der Waals surface area contributed by atoms with Crippen molar-refractivity contribution in [2.75, 3.05) is 0 Å². The maximum atomic E-state index is 12.4. The third-order valence-corrected chi connectivity index (χ3v) is 5.75. The highest BCUT2D eigenvalue weighted by atomic mass is 35.5. The number of hydrogen-bond acceptors (Lipinski definition) is 2. The van der Waals surface area contributed by atoms with Crippen LogP contribution >= 0.6 is 11.6 Å². The Hall–Kier alpha value is -2.43. The fourth-order valence-electron chi connectivity index (χ4n) is 2.64. The molecule has 26 heavy (non-hydrogen) atoms. The van der Waals surface area contributed by atoms with Crippen molar-refractivity contribution in [3.05, 3.63) is 88.4 Å². The summed E-state index contributed by atoms with van der Waals surface area (Å²) in [6, 6.07) is 20.0. The van der Waals surface area contributed by atoms with E-state index < -0.39 is 10.0 Å². The van der Waals surface area contributed by atoms with Crippen LogP contribution in [0, 0.1) is 13.8 Å². The van der Waals surface area contributed by atoms with Crippen LogP contribution in [-0.2, 0) is 10.0 Å². The molecule has 3 nitrogen and oxygen atoms in total. The quantitative estimate of drug-likeness (QED) is 0.564. The zero-order valence-electron chi connectivity index (χ0n) is 14.5. The zero-order valence-corrected chi connectivity index (χ0v) is 16.1. The first kappa shape index (κ1) is 18.4. The van der Waals surface area contributed by atoms with Crippen molar-refractivity contribution >= 4 is 27.8 Å². The molecule has 0 spiro atoms. The lowest BCUT2D eigenvalue weighted by molar-refractivity contribution is 0.598. The third-order valence-electron chi connectivity index (χ3n) is 4.09. The molecular weight excluding hydrogens is 366 g/mol. The van der Waals surface area contributed by atoms with Crippen LogP contribution in [0.15, 0.2) is 76.0 Å². The summed E-state index contributed by atoms with van der Waals surface area (Å²) in [5.74, 6) is 0. The van der Waals surface area contributed by atoms with Crippen molar-refractivity contribution in [1.82, 2.24) is 0 Å². The highest BCUT2D eigenvalue weighted by molar-refractivity contribution is 7.90. The van der Waals surface area contributed by atoms with Crippen LogP contribution in [0.1, 0.15) is 16.7 Å². The predicted octanol–water partition coefficient (Wildman–Crippen LogP) is 5.43. The van der Waals surface area contributed by atoms with Crippen LogP contribution in [0.2, 0.25) is 5.02 Å². The molecule has 0 aromatic heterocycles. The minimum Gasteiger partial charge on any atom is -0.199 e. The van der Waals surface area contributed by atoms with E-state index in [9.17, 15) is 8.42 Å². The van der Waals surface area contributed by atoms with Gasteiger partial charge in [-0.1, -0.05) is 71.8 Å². The highest BCUT2D eigenvalue weighted by Crippen LogP contribution is 2.33. The Bertz CT molecular complexity index is 1060. The van der Waals surface area contributed by atoms with E-state index in [0.717, 1.165) is 22.3 Å². The molecule has 0 radical (unpaired) electrons. The Kier molecular flexibility index (Phi) is 5.25. The monoisotopic (exact) mass is 383 g/mol. The molecule has 0 fully saturated rings. The highest BCUT2D eigenvalue weighted by Gasteiger charge is 2.13. The van der Waals surface area contributed by atoms with Crippen LogP contribution in [0.4, 0.5) is 0 Å². The summed E-state index contributed by atoms with van der Waals surface area (Å²) in [5.41, 5.74) is 4.42. The van der Waals surface area contributed by atoms with Crippen molar-refractivity contribution in [2.45, 2.75) is 18.7 Å². The number of rotatable bonds is 4. The first-order valence-corrected chi connectivity index (χ1v) is 9.92. The second kappa shape index (κ2) is 7.44. The Morgan fingerprint density at radius 3 is 2.19 bits per heavy atom. The van der Waals surface area contributed by atoms with E-state index >= 15 is 0 Å².